The SMILES string of the molecule is COC(=O)C=Cc1cccc(-c2c(C)c(C(=O)Nc3ccc(S(C)(=O)=O)cc3)cn2C)c1. The van der Waals surface area contributed by atoms with Gasteiger partial charge in [0, 0.05) is 31.3 Å². The lowest BCUT2D eigenvalue weighted by Crippen LogP contribution is -2.12. The lowest BCUT2D eigenvalue weighted by atomic mass is 10.0. The van der Waals surface area contributed by atoms with Crippen molar-refractivity contribution in [3.8, 4) is 11.3 Å². The van der Waals surface area contributed by atoms with E-state index in [1.807, 2.05) is 42.8 Å². The van der Waals surface area contributed by atoms with Crippen LogP contribution in [-0.4, -0.2) is 38.2 Å². The molecule has 0 unspecified atom stereocenters. The van der Waals surface area contributed by atoms with Gasteiger partial charge in [-0.25, -0.2) is 13.2 Å². The molecule has 3 aromatic rings. The smallest absolute Gasteiger partial charge is 0.330 e. The molecular weight excluding hydrogens is 428 g/mol. The second-order valence-corrected chi connectivity index (χ2v) is 9.38. The van der Waals surface area contributed by atoms with E-state index >= 15 is 0 Å². The minimum atomic E-state index is -3.30. The molecular formula is C24H24N2O5S. The van der Waals surface area contributed by atoms with Crippen LogP contribution in [0.25, 0.3) is 17.3 Å². The number of hydrogen-bond acceptors (Lipinski definition) is 5. The van der Waals surface area contributed by atoms with Crippen LogP contribution in [0.5, 0.6) is 0 Å². The number of sulfone groups is 1. The van der Waals surface area contributed by atoms with E-state index in [4.69, 9.17) is 0 Å². The van der Waals surface area contributed by atoms with Crippen LogP contribution in [-0.2, 0) is 26.4 Å². The zero-order chi connectivity index (χ0) is 23.5. The highest BCUT2D eigenvalue weighted by molar-refractivity contribution is 7.90. The van der Waals surface area contributed by atoms with Crippen molar-refractivity contribution in [1.82, 2.24) is 4.57 Å². The van der Waals surface area contributed by atoms with E-state index in [0.717, 1.165) is 28.6 Å². The van der Waals surface area contributed by atoms with E-state index in [0.29, 0.717) is 11.3 Å². The molecule has 0 aliphatic carbocycles. The zero-order valence-electron chi connectivity index (χ0n) is 18.2. The summed E-state index contributed by atoms with van der Waals surface area (Å²) in [5, 5.41) is 2.81. The fraction of sp³-hybridized carbons (Fsp3) is 0.167. The van der Waals surface area contributed by atoms with Gasteiger partial charge in [0.2, 0.25) is 0 Å². The highest BCUT2D eigenvalue weighted by Crippen LogP contribution is 2.29. The van der Waals surface area contributed by atoms with Crippen molar-refractivity contribution >= 4 is 33.5 Å². The van der Waals surface area contributed by atoms with Crippen molar-refractivity contribution in [2.24, 2.45) is 7.05 Å². The molecule has 1 aromatic heterocycles. The number of hydrogen-bond donors (Lipinski definition) is 1. The third-order valence-corrected chi connectivity index (χ3v) is 6.12. The van der Waals surface area contributed by atoms with Crippen molar-refractivity contribution in [2.75, 3.05) is 18.7 Å². The molecule has 1 amide bonds. The summed E-state index contributed by atoms with van der Waals surface area (Å²) in [7, 11) is -0.120. The number of nitrogens with zero attached hydrogens (tertiary/aromatic N) is 1. The molecule has 8 heteroatoms. The predicted octanol–water partition coefficient (Wildman–Crippen LogP) is 3.84. The molecule has 7 nitrogen and oxygen atoms in total. The Morgan fingerprint density at radius 2 is 1.78 bits per heavy atom. The van der Waals surface area contributed by atoms with Crippen molar-refractivity contribution in [2.45, 2.75) is 11.8 Å². The fourth-order valence-electron chi connectivity index (χ4n) is 3.40. The number of carbonyl (C=O) groups excluding carboxylic acids is 2. The number of aromatic nitrogens is 1. The normalized spacial score (nSPS) is 11.5. The van der Waals surface area contributed by atoms with Crippen LogP contribution in [0.2, 0.25) is 0 Å². The molecule has 0 bridgehead atoms. The minimum Gasteiger partial charge on any atom is -0.466 e. The molecule has 0 aliphatic heterocycles. The number of anilines is 1. The largest absolute Gasteiger partial charge is 0.466 e. The third-order valence-electron chi connectivity index (χ3n) is 4.99. The molecule has 0 radical (unpaired) electrons. The molecule has 0 fully saturated rings. The summed E-state index contributed by atoms with van der Waals surface area (Å²) < 4.78 is 29.7. The second kappa shape index (κ2) is 9.23. The summed E-state index contributed by atoms with van der Waals surface area (Å²) in [4.78, 5) is 24.4. The van der Waals surface area contributed by atoms with Crippen LogP contribution >= 0.6 is 0 Å². The summed E-state index contributed by atoms with van der Waals surface area (Å²) in [6.07, 6.45) is 5.91. The lowest BCUT2D eigenvalue weighted by Gasteiger charge is -2.08. The number of methoxy groups -OCH3 is 1. The Bertz CT molecular complexity index is 1300. The first kappa shape index (κ1) is 23.0. The lowest BCUT2D eigenvalue weighted by molar-refractivity contribution is -0.134. The molecule has 2 aromatic carbocycles. The molecule has 0 saturated heterocycles. The number of esters is 1. The number of benzene rings is 2. The fourth-order valence-corrected chi connectivity index (χ4v) is 4.03. The summed E-state index contributed by atoms with van der Waals surface area (Å²) in [6, 6.07) is 13.6. The number of amides is 1. The first-order chi connectivity index (χ1) is 15.1. The summed E-state index contributed by atoms with van der Waals surface area (Å²) in [5.74, 6) is -0.729. The van der Waals surface area contributed by atoms with E-state index in [1.165, 1.54) is 25.3 Å². The number of ether oxygens (including phenoxy) is 1. The van der Waals surface area contributed by atoms with Crippen LogP contribution in [0.1, 0.15) is 21.5 Å². The first-order valence-electron chi connectivity index (χ1n) is 9.74. The van der Waals surface area contributed by atoms with Gasteiger partial charge in [0.05, 0.1) is 23.3 Å². The van der Waals surface area contributed by atoms with Gasteiger partial charge in [-0.15, -0.1) is 0 Å². The summed E-state index contributed by atoms with van der Waals surface area (Å²) >= 11 is 0. The van der Waals surface area contributed by atoms with Gasteiger partial charge in [0.15, 0.2) is 9.84 Å². The Kier molecular flexibility index (Phi) is 6.64. The Balaban J connectivity index is 1.87. The molecule has 1 heterocycles. The second-order valence-electron chi connectivity index (χ2n) is 7.36. The molecule has 0 saturated carbocycles. The molecule has 3 rings (SSSR count). The molecule has 0 spiro atoms. The van der Waals surface area contributed by atoms with Crippen LogP contribution in [0.3, 0.4) is 0 Å². The minimum absolute atomic E-state index is 0.190. The maximum absolute atomic E-state index is 12.9. The Hall–Kier alpha value is -3.65. The summed E-state index contributed by atoms with van der Waals surface area (Å²) in [6.45, 7) is 1.87. The van der Waals surface area contributed by atoms with Gasteiger partial charge in [-0.3, -0.25) is 4.79 Å². The quantitative estimate of drug-likeness (QED) is 0.453. The van der Waals surface area contributed by atoms with Crippen LogP contribution in [0.15, 0.2) is 65.7 Å². The van der Waals surface area contributed by atoms with E-state index < -0.39 is 15.8 Å². The first-order valence-corrected chi connectivity index (χ1v) is 11.6. The number of aryl methyl sites for hydroxylation is 1. The van der Waals surface area contributed by atoms with Crippen molar-refractivity contribution < 1.29 is 22.7 Å². The highest BCUT2D eigenvalue weighted by Gasteiger charge is 2.18. The third kappa shape index (κ3) is 5.15. The number of nitrogens with one attached hydrogen (secondary N) is 1. The predicted molar refractivity (Wildman–Crippen MR) is 124 cm³/mol. The molecule has 0 atom stereocenters. The maximum Gasteiger partial charge on any atom is 0.330 e. The summed E-state index contributed by atoms with van der Waals surface area (Å²) in [5.41, 5.74) is 4.40. The standard InChI is InChI=1S/C24H24N2O5S/c1-16-21(24(28)25-19-9-11-20(12-10-19)32(4,29)30)15-26(2)23(16)18-7-5-6-17(14-18)8-13-22(27)31-3/h5-15H,1-4H3,(H,25,28). The van der Waals surface area contributed by atoms with Gasteiger partial charge in [0.1, 0.15) is 0 Å². The van der Waals surface area contributed by atoms with Gasteiger partial charge >= 0.3 is 5.97 Å². The van der Waals surface area contributed by atoms with Crippen LogP contribution < -0.4 is 5.32 Å². The topological polar surface area (TPSA) is 94.5 Å². The van der Waals surface area contributed by atoms with Crippen molar-refractivity contribution in [1.29, 1.82) is 0 Å². The van der Waals surface area contributed by atoms with Gasteiger partial charge in [-0.05, 0) is 60.0 Å². The van der Waals surface area contributed by atoms with Crippen molar-refractivity contribution in [3.05, 3.63) is 77.5 Å². The van der Waals surface area contributed by atoms with Gasteiger partial charge < -0.3 is 14.6 Å². The van der Waals surface area contributed by atoms with Gasteiger partial charge in [0.25, 0.3) is 5.91 Å². The molecule has 166 valence electrons. The van der Waals surface area contributed by atoms with E-state index in [9.17, 15) is 18.0 Å². The van der Waals surface area contributed by atoms with Crippen LogP contribution in [0, 0.1) is 6.92 Å². The van der Waals surface area contributed by atoms with E-state index in [-0.39, 0.29) is 10.8 Å². The zero-order valence-corrected chi connectivity index (χ0v) is 19.1. The van der Waals surface area contributed by atoms with Crippen molar-refractivity contribution in [3.63, 3.8) is 0 Å². The van der Waals surface area contributed by atoms with Crippen LogP contribution in [0.4, 0.5) is 5.69 Å². The Morgan fingerprint density at radius 1 is 1.09 bits per heavy atom. The van der Waals surface area contributed by atoms with Gasteiger partial charge in [-0.1, -0.05) is 18.2 Å². The number of carbonyl (C=O) groups is 2. The Morgan fingerprint density at radius 3 is 2.41 bits per heavy atom. The van der Waals surface area contributed by atoms with E-state index in [1.54, 1.807) is 24.4 Å². The number of rotatable bonds is 6. The molecule has 0 aliphatic rings. The Labute approximate surface area is 187 Å². The highest BCUT2D eigenvalue weighted by atomic mass is 32.2. The monoisotopic (exact) mass is 452 g/mol. The maximum atomic E-state index is 12.9. The average Bonchev–Trinajstić information content (AvgIpc) is 3.06. The molecule has 1 N–H and O–H groups in total. The van der Waals surface area contributed by atoms with E-state index in [2.05, 4.69) is 10.1 Å². The molecule has 32 heavy (non-hydrogen) atoms. The average molecular weight is 453 g/mol. The van der Waals surface area contributed by atoms with Gasteiger partial charge in [-0.2, -0.15) is 0 Å².